The molecule has 0 bridgehead atoms. The summed E-state index contributed by atoms with van der Waals surface area (Å²) in [6.45, 7) is 12.0. The highest BCUT2D eigenvalue weighted by Gasteiger charge is 2.34. The summed E-state index contributed by atoms with van der Waals surface area (Å²) in [7, 11) is 0. The third kappa shape index (κ3) is 4.13. The van der Waals surface area contributed by atoms with Crippen LogP contribution >= 0.6 is 0 Å². The summed E-state index contributed by atoms with van der Waals surface area (Å²) < 4.78 is 6.86. The first-order valence-electron chi connectivity index (χ1n) is 11.0. The fourth-order valence-electron chi connectivity index (χ4n) is 3.80. The summed E-state index contributed by atoms with van der Waals surface area (Å²) in [4.78, 5) is 33.0. The molecule has 9 heteroatoms. The molecular formula is C24H27N7O2. The Hall–Kier alpha value is -3.88. The number of nitrogens with zero attached hydrogens (tertiary/aromatic N) is 7. The van der Waals surface area contributed by atoms with Crippen LogP contribution in [0.15, 0.2) is 46.9 Å². The highest BCUT2D eigenvalue weighted by atomic mass is 16.5. The van der Waals surface area contributed by atoms with Crippen molar-refractivity contribution in [3.63, 3.8) is 0 Å². The SMILES string of the molecule is CCOC(=O)C1=Nn2c(nc(-c3cnccn3)c2C)/C1=N\c1ccc(N(CC)CC)cc1C. The molecule has 0 amide bonds. The van der Waals surface area contributed by atoms with Crippen molar-refractivity contribution in [3.05, 3.63) is 53.9 Å². The predicted octanol–water partition coefficient (Wildman–Crippen LogP) is 3.70. The number of carbonyl (C=O) groups excluding carboxylic acids is 1. The molecule has 0 spiro atoms. The number of benzene rings is 1. The number of hydrogen-bond acceptors (Lipinski definition) is 8. The van der Waals surface area contributed by atoms with Crippen LogP contribution in [0.2, 0.25) is 0 Å². The number of aryl methyl sites for hydroxylation is 1. The van der Waals surface area contributed by atoms with Crippen molar-refractivity contribution in [1.82, 2.24) is 19.6 Å². The molecule has 0 radical (unpaired) electrons. The van der Waals surface area contributed by atoms with Crippen molar-refractivity contribution in [2.45, 2.75) is 34.6 Å². The van der Waals surface area contributed by atoms with Crippen molar-refractivity contribution in [2.75, 3.05) is 24.6 Å². The van der Waals surface area contributed by atoms with Crippen LogP contribution in [0.4, 0.5) is 11.4 Å². The van der Waals surface area contributed by atoms with E-state index in [4.69, 9.17) is 14.7 Å². The minimum Gasteiger partial charge on any atom is -0.461 e. The molecule has 1 aromatic carbocycles. The second kappa shape index (κ2) is 9.32. The van der Waals surface area contributed by atoms with Gasteiger partial charge in [-0.2, -0.15) is 5.10 Å². The molecule has 4 rings (SSSR count). The first kappa shape index (κ1) is 22.3. The Morgan fingerprint density at radius 1 is 1.15 bits per heavy atom. The highest BCUT2D eigenvalue weighted by Crippen LogP contribution is 2.29. The van der Waals surface area contributed by atoms with Gasteiger partial charge in [0.25, 0.3) is 0 Å². The lowest BCUT2D eigenvalue weighted by molar-refractivity contribution is -0.134. The van der Waals surface area contributed by atoms with Gasteiger partial charge in [-0.3, -0.25) is 9.97 Å². The molecule has 0 saturated carbocycles. The number of aromatic nitrogens is 4. The molecule has 0 unspecified atom stereocenters. The van der Waals surface area contributed by atoms with Crippen LogP contribution in [-0.2, 0) is 9.53 Å². The van der Waals surface area contributed by atoms with E-state index in [9.17, 15) is 4.79 Å². The molecule has 2 aromatic heterocycles. The summed E-state index contributed by atoms with van der Waals surface area (Å²) in [5, 5.41) is 4.50. The van der Waals surface area contributed by atoms with E-state index in [2.05, 4.69) is 39.9 Å². The molecule has 0 atom stereocenters. The second-order valence-electron chi connectivity index (χ2n) is 7.54. The van der Waals surface area contributed by atoms with E-state index in [1.54, 1.807) is 30.2 Å². The lowest BCUT2D eigenvalue weighted by atomic mass is 10.1. The van der Waals surface area contributed by atoms with Crippen molar-refractivity contribution in [2.24, 2.45) is 10.1 Å². The molecule has 1 aliphatic heterocycles. The Morgan fingerprint density at radius 2 is 1.94 bits per heavy atom. The standard InChI is InChI=1S/C24H27N7O2/c1-6-30(7-2)17-9-10-18(15(4)13-17)27-21-22(24(32)33-8-3)29-31-16(5)20(28-23(21)31)19-14-25-11-12-26-19/h9-14H,6-8H2,1-5H3/b27-21-. The normalized spacial score (nSPS) is 13.7. The summed E-state index contributed by atoms with van der Waals surface area (Å²) >= 11 is 0. The average molecular weight is 446 g/mol. The van der Waals surface area contributed by atoms with E-state index in [0.29, 0.717) is 22.9 Å². The number of esters is 1. The summed E-state index contributed by atoms with van der Waals surface area (Å²) in [5.41, 5.74) is 5.40. The van der Waals surface area contributed by atoms with Gasteiger partial charge in [-0.1, -0.05) is 0 Å². The minimum absolute atomic E-state index is 0.139. The number of hydrogen-bond donors (Lipinski definition) is 0. The van der Waals surface area contributed by atoms with E-state index < -0.39 is 5.97 Å². The zero-order valence-corrected chi connectivity index (χ0v) is 19.5. The smallest absolute Gasteiger partial charge is 0.361 e. The van der Waals surface area contributed by atoms with E-state index in [0.717, 1.165) is 35.7 Å². The van der Waals surface area contributed by atoms with Gasteiger partial charge in [-0.15, -0.1) is 0 Å². The molecule has 3 aromatic rings. The third-order valence-corrected chi connectivity index (χ3v) is 5.53. The Morgan fingerprint density at radius 3 is 2.58 bits per heavy atom. The van der Waals surface area contributed by atoms with E-state index in [1.165, 1.54) is 0 Å². The first-order valence-corrected chi connectivity index (χ1v) is 11.0. The van der Waals surface area contributed by atoms with Crippen LogP contribution in [0.5, 0.6) is 0 Å². The maximum atomic E-state index is 12.7. The number of rotatable bonds is 7. The molecule has 33 heavy (non-hydrogen) atoms. The Bertz CT molecular complexity index is 1240. The van der Waals surface area contributed by atoms with Crippen LogP contribution in [0.3, 0.4) is 0 Å². The van der Waals surface area contributed by atoms with Crippen LogP contribution in [0.25, 0.3) is 11.4 Å². The molecular weight excluding hydrogens is 418 g/mol. The van der Waals surface area contributed by atoms with Crippen molar-refractivity contribution in [1.29, 1.82) is 0 Å². The lowest BCUT2D eigenvalue weighted by Crippen LogP contribution is -2.25. The predicted molar refractivity (Wildman–Crippen MR) is 128 cm³/mol. The van der Waals surface area contributed by atoms with Crippen molar-refractivity contribution < 1.29 is 9.53 Å². The Labute approximate surface area is 192 Å². The van der Waals surface area contributed by atoms with Gasteiger partial charge in [0, 0.05) is 31.2 Å². The largest absolute Gasteiger partial charge is 0.461 e. The van der Waals surface area contributed by atoms with Gasteiger partial charge >= 0.3 is 5.97 Å². The zero-order chi connectivity index (χ0) is 23.5. The molecule has 170 valence electrons. The highest BCUT2D eigenvalue weighted by molar-refractivity contribution is 6.69. The maximum Gasteiger partial charge on any atom is 0.361 e. The average Bonchev–Trinajstić information content (AvgIpc) is 3.34. The Kier molecular flexibility index (Phi) is 6.30. The van der Waals surface area contributed by atoms with Crippen LogP contribution in [-0.4, -0.2) is 56.7 Å². The lowest BCUT2D eigenvalue weighted by Gasteiger charge is -2.21. The van der Waals surface area contributed by atoms with Gasteiger partial charge in [0.1, 0.15) is 17.1 Å². The van der Waals surface area contributed by atoms with Crippen LogP contribution < -0.4 is 4.90 Å². The van der Waals surface area contributed by atoms with Gasteiger partial charge in [0.15, 0.2) is 11.5 Å². The van der Waals surface area contributed by atoms with Gasteiger partial charge in [-0.25, -0.2) is 19.4 Å². The number of carbonyl (C=O) groups is 1. The van der Waals surface area contributed by atoms with Gasteiger partial charge in [0.05, 0.1) is 24.2 Å². The number of aliphatic imine (C=N–C) groups is 1. The number of ether oxygens (including phenoxy) is 1. The fraction of sp³-hybridized carbons (Fsp3) is 0.333. The topological polar surface area (TPSA) is 97.9 Å². The van der Waals surface area contributed by atoms with Crippen LogP contribution in [0, 0.1) is 13.8 Å². The molecule has 9 nitrogen and oxygen atoms in total. The van der Waals surface area contributed by atoms with Crippen LogP contribution in [0.1, 0.15) is 37.9 Å². The fourth-order valence-corrected chi connectivity index (χ4v) is 3.80. The Balaban J connectivity index is 1.82. The molecule has 0 aliphatic carbocycles. The number of fused-ring (bicyclic) bond motifs is 1. The minimum atomic E-state index is -0.528. The second-order valence-corrected chi connectivity index (χ2v) is 7.54. The van der Waals surface area contributed by atoms with Gasteiger partial charge < -0.3 is 9.64 Å². The zero-order valence-electron chi connectivity index (χ0n) is 19.5. The monoisotopic (exact) mass is 445 g/mol. The summed E-state index contributed by atoms with van der Waals surface area (Å²) in [6, 6.07) is 6.10. The summed E-state index contributed by atoms with van der Waals surface area (Å²) in [5.74, 6) is -0.0527. The van der Waals surface area contributed by atoms with Gasteiger partial charge in [-0.05, 0) is 58.4 Å². The first-order chi connectivity index (χ1) is 16.0. The maximum absolute atomic E-state index is 12.7. The van der Waals surface area contributed by atoms with Gasteiger partial charge in [0.2, 0.25) is 0 Å². The van der Waals surface area contributed by atoms with E-state index >= 15 is 0 Å². The molecule has 0 saturated heterocycles. The molecule has 0 fully saturated rings. The molecule has 3 heterocycles. The summed E-state index contributed by atoms with van der Waals surface area (Å²) in [6.07, 6.45) is 4.87. The van der Waals surface area contributed by atoms with Crippen molar-refractivity contribution in [3.8, 4) is 11.4 Å². The van der Waals surface area contributed by atoms with Crippen molar-refractivity contribution >= 4 is 28.8 Å². The van der Waals surface area contributed by atoms with E-state index in [1.807, 2.05) is 26.0 Å². The third-order valence-electron chi connectivity index (χ3n) is 5.53. The molecule has 1 aliphatic rings. The number of anilines is 1. The number of imidazole rings is 1. The van der Waals surface area contributed by atoms with E-state index in [-0.39, 0.29) is 12.3 Å². The molecule has 0 N–H and O–H groups in total. The quantitative estimate of drug-likeness (QED) is 0.514.